The van der Waals surface area contributed by atoms with Crippen LogP contribution in [0.5, 0.6) is 0 Å². The van der Waals surface area contributed by atoms with E-state index in [-0.39, 0.29) is 12.4 Å². The Hall–Kier alpha value is -1.27. The molecule has 84 valence electrons. The van der Waals surface area contributed by atoms with Crippen molar-refractivity contribution < 1.29 is 4.39 Å². The molecule has 1 aromatic carbocycles. The number of hydrogen-bond acceptors (Lipinski definition) is 3. The zero-order chi connectivity index (χ0) is 11.7. The van der Waals surface area contributed by atoms with Gasteiger partial charge in [0.05, 0.1) is 12.1 Å². The molecule has 0 saturated heterocycles. The molecule has 0 saturated carbocycles. The van der Waals surface area contributed by atoms with E-state index in [4.69, 9.17) is 5.73 Å². The summed E-state index contributed by atoms with van der Waals surface area (Å²) in [5, 5.41) is 7.81. The zero-order valence-electron chi connectivity index (χ0n) is 8.61. The van der Waals surface area contributed by atoms with Crippen LogP contribution in [-0.2, 0) is 13.6 Å². The van der Waals surface area contributed by atoms with Crippen LogP contribution in [0.2, 0.25) is 0 Å². The summed E-state index contributed by atoms with van der Waals surface area (Å²) in [6.07, 6.45) is 0. The summed E-state index contributed by atoms with van der Waals surface area (Å²) < 4.78 is 16.1. The molecule has 2 aromatic rings. The van der Waals surface area contributed by atoms with Gasteiger partial charge in [0.1, 0.15) is 11.6 Å². The predicted molar refractivity (Wildman–Crippen MR) is 62.0 cm³/mol. The van der Waals surface area contributed by atoms with Crippen LogP contribution in [0.3, 0.4) is 0 Å². The van der Waals surface area contributed by atoms with Crippen molar-refractivity contribution in [2.24, 2.45) is 12.8 Å². The second-order valence-corrected chi connectivity index (χ2v) is 4.24. The molecule has 0 unspecified atom stereocenters. The Kier molecular flexibility index (Phi) is 3.02. The van der Waals surface area contributed by atoms with Gasteiger partial charge in [0.2, 0.25) is 0 Å². The number of nitrogens with two attached hydrogens (primary N) is 1. The Bertz CT molecular complexity index is 524. The van der Waals surface area contributed by atoms with Gasteiger partial charge in [-0.3, -0.25) is 0 Å². The summed E-state index contributed by atoms with van der Waals surface area (Å²) in [6, 6.07) is 4.81. The van der Waals surface area contributed by atoms with Crippen LogP contribution in [0.25, 0.3) is 11.4 Å². The van der Waals surface area contributed by atoms with Gasteiger partial charge < -0.3 is 10.3 Å². The van der Waals surface area contributed by atoms with Crippen LogP contribution in [0, 0.1) is 5.82 Å². The first-order valence-electron chi connectivity index (χ1n) is 4.67. The summed E-state index contributed by atoms with van der Waals surface area (Å²) in [6.45, 7) is 0.279. The van der Waals surface area contributed by atoms with E-state index in [0.717, 1.165) is 0 Å². The van der Waals surface area contributed by atoms with E-state index in [9.17, 15) is 4.39 Å². The monoisotopic (exact) mass is 284 g/mol. The van der Waals surface area contributed by atoms with E-state index in [1.807, 2.05) is 0 Å². The molecular weight excluding hydrogens is 275 g/mol. The molecule has 6 heteroatoms. The zero-order valence-corrected chi connectivity index (χ0v) is 10.2. The molecule has 0 fully saturated rings. The lowest BCUT2D eigenvalue weighted by Crippen LogP contribution is -2.05. The fourth-order valence-electron chi connectivity index (χ4n) is 1.44. The van der Waals surface area contributed by atoms with Crippen LogP contribution in [-0.4, -0.2) is 14.8 Å². The molecule has 0 atom stereocenters. The molecule has 0 aliphatic rings. The number of halogens is 2. The van der Waals surface area contributed by atoms with Gasteiger partial charge in [-0.1, -0.05) is 15.9 Å². The minimum absolute atomic E-state index is 0.279. The maximum atomic E-state index is 13.7. The Morgan fingerprint density at radius 1 is 1.44 bits per heavy atom. The van der Waals surface area contributed by atoms with Crippen molar-refractivity contribution in [3.63, 3.8) is 0 Å². The van der Waals surface area contributed by atoms with Crippen LogP contribution in [0.1, 0.15) is 5.82 Å². The summed E-state index contributed by atoms with van der Waals surface area (Å²) >= 11 is 3.20. The molecule has 0 bridgehead atoms. The Morgan fingerprint density at radius 2 is 2.19 bits per heavy atom. The second kappa shape index (κ2) is 4.31. The lowest BCUT2D eigenvalue weighted by Gasteiger charge is -2.04. The Labute approximate surface area is 100 Å². The van der Waals surface area contributed by atoms with Gasteiger partial charge in [0.15, 0.2) is 5.82 Å². The lowest BCUT2D eigenvalue weighted by atomic mass is 10.2. The normalized spacial score (nSPS) is 10.8. The first kappa shape index (κ1) is 11.2. The fraction of sp³-hybridized carbons (Fsp3) is 0.200. The molecule has 16 heavy (non-hydrogen) atoms. The molecule has 0 amide bonds. The van der Waals surface area contributed by atoms with Crippen LogP contribution < -0.4 is 5.73 Å². The van der Waals surface area contributed by atoms with Gasteiger partial charge in [0.25, 0.3) is 0 Å². The average Bonchev–Trinajstić information content (AvgIpc) is 2.60. The van der Waals surface area contributed by atoms with Crippen LogP contribution in [0.4, 0.5) is 4.39 Å². The van der Waals surface area contributed by atoms with E-state index in [2.05, 4.69) is 26.1 Å². The number of hydrogen-bond donors (Lipinski definition) is 1. The third-order valence-electron chi connectivity index (χ3n) is 2.32. The standard InChI is InChI=1S/C10H10BrFN4/c1-16-9(5-13)14-15-10(16)7-3-2-6(11)4-8(7)12/h2-4H,5,13H2,1H3. The minimum atomic E-state index is -0.339. The summed E-state index contributed by atoms with van der Waals surface area (Å²) in [5.74, 6) is 0.760. The van der Waals surface area contributed by atoms with Crippen molar-refractivity contribution in [1.82, 2.24) is 14.8 Å². The van der Waals surface area contributed by atoms with Gasteiger partial charge in [0, 0.05) is 11.5 Å². The van der Waals surface area contributed by atoms with Crippen molar-refractivity contribution in [2.75, 3.05) is 0 Å². The number of benzene rings is 1. The minimum Gasteiger partial charge on any atom is -0.324 e. The summed E-state index contributed by atoms with van der Waals surface area (Å²) in [4.78, 5) is 0. The van der Waals surface area contributed by atoms with E-state index >= 15 is 0 Å². The molecule has 0 aliphatic carbocycles. The Morgan fingerprint density at radius 3 is 2.75 bits per heavy atom. The van der Waals surface area contributed by atoms with E-state index in [0.29, 0.717) is 21.7 Å². The maximum Gasteiger partial charge on any atom is 0.166 e. The third-order valence-corrected chi connectivity index (χ3v) is 2.81. The predicted octanol–water partition coefficient (Wildman–Crippen LogP) is 1.84. The molecule has 2 rings (SSSR count). The van der Waals surface area contributed by atoms with Gasteiger partial charge in [-0.2, -0.15) is 0 Å². The summed E-state index contributed by atoms with van der Waals surface area (Å²) in [5.41, 5.74) is 5.89. The maximum absolute atomic E-state index is 13.7. The molecule has 0 aliphatic heterocycles. The van der Waals surface area contributed by atoms with Gasteiger partial charge in [-0.25, -0.2) is 4.39 Å². The highest BCUT2D eigenvalue weighted by molar-refractivity contribution is 9.10. The number of rotatable bonds is 2. The average molecular weight is 285 g/mol. The van der Waals surface area contributed by atoms with Crippen molar-refractivity contribution >= 4 is 15.9 Å². The molecule has 1 heterocycles. The quantitative estimate of drug-likeness (QED) is 0.916. The first-order valence-corrected chi connectivity index (χ1v) is 5.46. The number of aromatic nitrogens is 3. The van der Waals surface area contributed by atoms with Crippen LogP contribution in [0.15, 0.2) is 22.7 Å². The van der Waals surface area contributed by atoms with Crippen molar-refractivity contribution in [3.8, 4) is 11.4 Å². The first-order chi connectivity index (χ1) is 7.63. The largest absolute Gasteiger partial charge is 0.324 e. The smallest absolute Gasteiger partial charge is 0.166 e. The lowest BCUT2D eigenvalue weighted by molar-refractivity contribution is 0.627. The highest BCUT2D eigenvalue weighted by Gasteiger charge is 2.13. The SMILES string of the molecule is Cn1c(CN)nnc1-c1ccc(Br)cc1F. The molecule has 1 aromatic heterocycles. The van der Waals surface area contributed by atoms with Crippen molar-refractivity contribution in [2.45, 2.75) is 6.54 Å². The fourth-order valence-corrected chi connectivity index (χ4v) is 1.78. The molecule has 4 nitrogen and oxygen atoms in total. The topological polar surface area (TPSA) is 56.7 Å². The third kappa shape index (κ3) is 1.85. The highest BCUT2D eigenvalue weighted by atomic mass is 79.9. The molecular formula is C10H10BrFN4. The Balaban J connectivity index is 2.54. The molecule has 0 radical (unpaired) electrons. The van der Waals surface area contributed by atoms with Crippen LogP contribution >= 0.6 is 15.9 Å². The molecule has 0 spiro atoms. The van der Waals surface area contributed by atoms with Gasteiger partial charge >= 0.3 is 0 Å². The van der Waals surface area contributed by atoms with E-state index in [1.165, 1.54) is 6.07 Å². The molecule has 2 N–H and O–H groups in total. The van der Waals surface area contributed by atoms with E-state index < -0.39 is 0 Å². The second-order valence-electron chi connectivity index (χ2n) is 3.33. The van der Waals surface area contributed by atoms with E-state index in [1.54, 1.807) is 23.7 Å². The summed E-state index contributed by atoms with van der Waals surface area (Å²) in [7, 11) is 1.76. The van der Waals surface area contributed by atoms with Gasteiger partial charge in [-0.15, -0.1) is 10.2 Å². The number of nitrogens with zero attached hydrogens (tertiary/aromatic N) is 3. The van der Waals surface area contributed by atoms with Crippen molar-refractivity contribution in [3.05, 3.63) is 34.3 Å². The van der Waals surface area contributed by atoms with Crippen molar-refractivity contribution in [1.29, 1.82) is 0 Å². The van der Waals surface area contributed by atoms with Gasteiger partial charge in [-0.05, 0) is 18.2 Å². The highest BCUT2D eigenvalue weighted by Crippen LogP contribution is 2.23.